The number of carboxylic acids is 1. The maximum atomic E-state index is 12.4. The number of rotatable bonds is 5. The first-order valence-corrected chi connectivity index (χ1v) is 8.24. The molecule has 0 aliphatic carbocycles. The van der Waals surface area contributed by atoms with Crippen LogP contribution in [0.1, 0.15) is 37.1 Å². The van der Waals surface area contributed by atoms with Crippen LogP contribution in [-0.2, 0) is 6.54 Å². The lowest BCUT2D eigenvalue weighted by Gasteiger charge is -2.03. The fraction of sp³-hybridized carbons (Fsp3) is 0.188. The van der Waals surface area contributed by atoms with E-state index in [0.29, 0.717) is 27.9 Å². The number of carbonyl (C=O) groups is 2. The Kier molecular flexibility index (Phi) is 4.57. The molecular weight excluding hydrogens is 342 g/mol. The summed E-state index contributed by atoms with van der Waals surface area (Å²) < 4.78 is 1.33. The molecule has 1 amide bonds. The van der Waals surface area contributed by atoms with Crippen LogP contribution in [-0.4, -0.2) is 37.0 Å². The van der Waals surface area contributed by atoms with Gasteiger partial charge in [-0.2, -0.15) is 4.68 Å². The minimum absolute atomic E-state index is 0.136. The molecule has 2 aromatic heterocycles. The summed E-state index contributed by atoms with van der Waals surface area (Å²) in [7, 11) is 0. The quantitative estimate of drug-likeness (QED) is 0.722. The second-order valence-corrected chi connectivity index (χ2v) is 6.30. The normalized spacial score (nSPS) is 10.6. The van der Waals surface area contributed by atoms with Gasteiger partial charge in [0, 0.05) is 6.54 Å². The van der Waals surface area contributed by atoms with Crippen molar-refractivity contribution in [3.05, 3.63) is 57.9 Å². The number of benzene rings is 1. The molecule has 0 saturated carbocycles. The van der Waals surface area contributed by atoms with E-state index >= 15 is 0 Å². The number of aromatic carboxylic acids is 1. The minimum Gasteiger partial charge on any atom is -0.476 e. The number of amides is 1. The highest BCUT2D eigenvalue weighted by Gasteiger charge is 2.21. The zero-order valence-corrected chi connectivity index (χ0v) is 14.4. The molecule has 2 N–H and O–H groups in total. The van der Waals surface area contributed by atoms with E-state index in [1.807, 2.05) is 30.3 Å². The highest BCUT2D eigenvalue weighted by atomic mass is 32.1. The van der Waals surface area contributed by atoms with Crippen LogP contribution >= 0.6 is 11.3 Å². The molecule has 128 valence electrons. The fourth-order valence-corrected chi connectivity index (χ4v) is 3.23. The molecule has 0 aliphatic rings. The maximum absolute atomic E-state index is 12.4. The highest BCUT2D eigenvalue weighted by molar-refractivity contribution is 7.16. The van der Waals surface area contributed by atoms with Crippen molar-refractivity contribution in [3.63, 3.8) is 0 Å². The zero-order valence-electron chi connectivity index (χ0n) is 13.6. The van der Waals surface area contributed by atoms with Crippen LogP contribution in [0.5, 0.6) is 0 Å². The van der Waals surface area contributed by atoms with Crippen LogP contribution in [0.3, 0.4) is 0 Å². The van der Waals surface area contributed by atoms with Crippen LogP contribution in [0.4, 0.5) is 0 Å². The lowest BCUT2D eigenvalue weighted by molar-refractivity contribution is 0.0689. The van der Waals surface area contributed by atoms with Crippen LogP contribution in [0, 0.1) is 13.8 Å². The Balaban J connectivity index is 1.80. The van der Waals surface area contributed by atoms with E-state index in [1.165, 1.54) is 4.68 Å². The average Bonchev–Trinajstić information content (AvgIpc) is 3.16. The molecule has 0 radical (unpaired) electrons. The molecule has 2 heterocycles. The molecule has 0 aliphatic heterocycles. The van der Waals surface area contributed by atoms with Gasteiger partial charge in [-0.1, -0.05) is 46.9 Å². The summed E-state index contributed by atoms with van der Waals surface area (Å²) in [5.74, 6) is -1.39. The summed E-state index contributed by atoms with van der Waals surface area (Å²) in [6.07, 6.45) is 0. The van der Waals surface area contributed by atoms with E-state index < -0.39 is 5.97 Å². The zero-order chi connectivity index (χ0) is 18.0. The molecule has 0 atom stereocenters. The van der Waals surface area contributed by atoms with Crippen molar-refractivity contribution in [2.75, 3.05) is 0 Å². The number of carboxylic acid groups (broad SMARTS) is 1. The summed E-state index contributed by atoms with van der Waals surface area (Å²) in [5.41, 5.74) is 1.77. The first kappa shape index (κ1) is 16.8. The van der Waals surface area contributed by atoms with E-state index in [2.05, 4.69) is 20.6 Å². The molecule has 0 unspecified atom stereocenters. The molecule has 3 aromatic rings. The van der Waals surface area contributed by atoms with Gasteiger partial charge >= 0.3 is 5.97 Å². The minimum atomic E-state index is -1.15. The van der Waals surface area contributed by atoms with E-state index in [1.54, 1.807) is 13.8 Å². The standard InChI is InChI=1S/C16H15N5O3S/c1-9-13(14(22)17-8-11-6-4-3-5-7-11)25-16(18-9)21-10(2)12(15(23)24)19-20-21/h3-7H,8H2,1-2H3,(H,17,22)(H,23,24). The maximum Gasteiger partial charge on any atom is 0.358 e. The summed E-state index contributed by atoms with van der Waals surface area (Å²) in [4.78, 5) is 28.2. The van der Waals surface area contributed by atoms with Gasteiger partial charge in [-0.15, -0.1) is 5.10 Å². The molecule has 0 fully saturated rings. The molecule has 25 heavy (non-hydrogen) atoms. The van der Waals surface area contributed by atoms with Gasteiger partial charge in [-0.3, -0.25) is 4.79 Å². The van der Waals surface area contributed by atoms with Crippen molar-refractivity contribution in [3.8, 4) is 5.13 Å². The first-order chi connectivity index (χ1) is 12.0. The van der Waals surface area contributed by atoms with Crippen LogP contribution in [0.2, 0.25) is 0 Å². The Bertz CT molecular complexity index is 933. The largest absolute Gasteiger partial charge is 0.476 e. The van der Waals surface area contributed by atoms with Gasteiger partial charge in [0.25, 0.3) is 5.91 Å². The molecule has 8 nitrogen and oxygen atoms in total. The van der Waals surface area contributed by atoms with E-state index in [0.717, 1.165) is 16.9 Å². The first-order valence-electron chi connectivity index (χ1n) is 7.43. The number of thiazole rings is 1. The summed E-state index contributed by atoms with van der Waals surface area (Å²) in [6.45, 7) is 3.73. The van der Waals surface area contributed by atoms with Gasteiger partial charge < -0.3 is 10.4 Å². The van der Waals surface area contributed by atoms with Gasteiger partial charge in [0.2, 0.25) is 5.13 Å². The van der Waals surface area contributed by atoms with E-state index in [9.17, 15) is 9.59 Å². The van der Waals surface area contributed by atoms with Crippen molar-refractivity contribution in [1.29, 1.82) is 0 Å². The smallest absolute Gasteiger partial charge is 0.358 e. The number of aromatic nitrogens is 4. The predicted molar refractivity (Wildman–Crippen MR) is 91.1 cm³/mol. The highest BCUT2D eigenvalue weighted by Crippen LogP contribution is 2.22. The van der Waals surface area contributed by atoms with Crippen LogP contribution < -0.4 is 5.32 Å². The average molecular weight is 357 g/mol. The third-order valence-corrected chi connectivity index (χ3v) is 4.70. The number of hydrogen-bond acceptors (Lipinski definition) is 6. The summed E-state index contributed by atoms with van der Waals surface area (Å²) >= 11 is 1.14. The van der Waals surface area contributed by atoms with Gasteiger partial charge in [-0.05, 0) is 19.4 Å². The Hall–Kier alpha value is -3.07. The van der Waals surface area contributed by atoms with Crippen molar-refractivity contribution < 1.29 is 14.7 Å². The van der Waals surface area contributed by atoms with Gasteiger partial charge in [-0.25, -0.2) is 9.78 Å². The lowest BCUT2D eigenvalue weighted by Crippen LogP contribution is -2.22. The Morgan fingerprint density at radius 2 is 1.96 bits per heavy atom. The summed E-state index contributed by atoms with van der Waals surface area (Å²) in [5, 5.41) is 19.8. The Morgan fingerprint density at radius 3 is 2.60 bits per heavy atom. The topological polar surface area (TPSA) is 110 Å². The summed E-state index contributed by atoms with van der Waals surface area (Å²) in [6, 6.07) is 9.59. The Labute approximate surface area is 147 Å². The van der Waals surface area contributed by atoms with Crippen LogP contribution in [0.25, 0.3) is 5.13 Å². The molecule has 0 spiro atoms. The second kappa shape index (κ2) is 6.81. The molecule has 0 saturated heterocycles. The third kappa shape index (κ3) is 3.41. The number of nitrogens with zero attached hydrogens (tertiary/aromatic N) is 4. The SMILES string of the molecule is Cc1nc(-n2nnc(C(=O)O)c2C)sc1C(=O)NCc1ccccc1. The van der Waals surface area contributed by atoms with Crippen molar-refractivity contribution in [1.82, 2.24) is 25.3 Å². The number of aryl methyl sites for hydroxylation is 1. The van der Waals surface area contributed by atoms with Gasteiger partial charge in [0.05, 0.1) is 11.4 Å². The number of nitrogens with one attached hydrogen (secondary N) is 1. The van der Waals surface area contributed by atoms with E-state index in [-0.39, 0.29) is 11.6 Å². The van der Waals surface area contributed by atoms with Gasteiger partial charge in [0.15, 0.2) is 5.69 Å². The number of carbonyl (C=O) groups excluding carboxylic acids is 1. The molecular formula is C16H15N5O3S. The molecule has 1 aromatic carbocycles. The van der Waals surface area contributed by atoms with Crippen LogP contribution in [0.15, 0.2) is 30.3 Å². The lowest BCUT2D eigenvalue weighted by atomic mass is 10.2. The molecule has 0 bridgehead atoms. The van der Waals surface area contributed by atoms with Crippen molar-refractivity contribution >= 4 is 23.2 Å². The molecule has 9 heteroatoms. The van der Waals surface area contributed by atoms with Crippen molar-refractivity contribution in [2.45, 2.75) is 20.4 Å². The van der Waals surface area contributed by atoms with E-state index in [4.69, 9.17) is 5.11 Å². The number of hydrogen-bond donors (Lipinski definition) is 2. The predicted octanol–water partition coefficient (Wildman–Crippen LogP) is 1.97. The van der Waals surface area contributed by atoms with Crippen molar-refractivity contribution in [2.24, 2.45) is 0 Å². The fourth-order valence-electron chi connectivity index (χ4n) is 2.25. The van der Waals surface area contributed by atoms with Gasteiger partial charge in [0.1, 0.15) is 4.88 Å². The molecule has 3 rings (SSSR count). The third-order valence-electron chi connectivity index (χ3n) is 3.57. The second-order valence-electron chi connectivity index (χ2n) is 5.32. The monoisotopic (exact) mass is 357 g/mol. The Morgan fingerprint density at radius 1 is 1.24 bits per heavy atom.